The molecule has 1 N–H and O–H groups in total. The SMILES string of the molecule is COCCOC(=O)C1=C(C)NC(C)=C(C(=O)OCCOC)C1c1ccccc1OC(F)F. The first-order chi connectivity index (χ1) is 15.3. The fraction of sp³-hybridized carbons (Fsp3) is 0.455. The summed E-state index contributed by atoms with van der Waals surface area (Å²) in [5, 5.41) is 2.99. The highest BCUT2D eigenvalue weighted by molar-refractivity contribution is 6.00. The van der Waals surface area contributed by atoms with Crippen LogP contribution in [0.3, 0.4) is 0 Å². The van der Waals surface area contributed by atoms with Crippen LogP contribution in [0.15, 0.2) is 46.8 Å². The third kappa shape index (κ3) is 6.27. The molecule has 32 heavy (non-hydrogen) atoms. The Morgan fingerprint density at radius 3 is 1.88 bits per heavy atom. The number of methoxy groups -OCH3 is 2. The van der Waals surface area contributed by atoms with Crippen LogP contribution in [0.2, 0.25) is 0 Å². The smallest absolute Gasteiger partial charge is 0.387 e. The van der Waals surface area contributed by atoms with E-state index in [1.165, 1.54) is 32.4 Å². The average molecular weight is 455 g/mol. The fourth-order valence-corrected chi connectivity index (χ4v) is 3.36. The Bertz CT molecular complexity index is 839. The number of halogens is 2. The predicted octanol–water partition coefficient (Wildman–Crippen LogP) is 2.90. The Labute approximate surface area is 185 Å². The molecule has 0 saturated carbocycles. The summed E-state index contributed by atoms with van der Waals surface area (Å²) < 4.78 is 51.2. The number of allylic oxidation sites excluding steroid dienone is 2. The number of carbonyl (C=O) groups excluding carboxylic acids is 2. The maximum absolute atomic E-state index is 13.1. The summed E-state index contributed by atoms with van der Waals surface area (Å²) in [4.78, 5) is 26.0. The van der Waals surface area contributed by atoms with Crippen molar-refractivity contribution in [2.45, 2.75) is 26.4 Å². The van der Waals surface area contributed by atoms with E-state index in [1.807, 2.05) is 0 Å². The van der Waals surface area contributed by atoms with E-state index in [-0.39, 0.29) is 48.9 Å². The number of nitrogens with one attached hydrogen (secondary N) is 1. The number of hydrogen-bond donors (Lipinski definition) is 1. The van der Waals surface area contributed by atoms with E-state index in [0.717, 1.165) is 0 Å². The molecule has 0 unspecified atom stereocenters. The summed E-state index contributed by atoms with van der Waals surface area (Å²) in [7, 11) is 2.92. The first kappa shape index (κ1) is 25.3. The van der Waals surface area contributed by atoms with E-state index in [2.05, 4.69) is 10.1 Å². The van der Waals surface area contributed by atoms with Crippen molar-refractivity contribution in [1.29, 1.82) is 0 Å². The molecule has 0 bridgehead atoms. The van der Waals surface area contributed by atoms with Crippen LogP contribution < -0.4 is 10.1 Å². The van der Waals surface area contributed by atoms with Gasteiger partial charge in [-0.1, -0.05) is 18.2 Å². The Morgan fingerprint density at radius 2 is 1.41 bits per heavy atom. The first-order valence-corrected chi connectivity index (χ1v) is 9.86. The van der Waals surface area contributed by atoms with Crippen molar-refractivity contribution in [3.05, 3.63) is 52.4 Å². The highest BCUT2D eigenvalue weighted by Crippen LogP contribution is 2.43. The molecule has 0 atom stereocenters. The van der Waals surface area contributed by atoms with Crippen molar-refractivity contribution in [3.8, 4) is 5.75 Å². The Balaban J connectivity index is 2.57. The average Bonchev–Trinajstić information content (AvgIpc) is 2.73. The van der Waals surface area contributed by atoms with Gasteiger partial charge in [0.2, 0.25) is 0 Å². The quantitative estimate of drug-likeness (QED) is 0.402. The maximum atomic E-state index is 13.1. The van der Waals surface area contributed by atoms with Crippen molar-refractivity contribution in [2.24, 2.45) is 0 Å². The van der Waals surface area contributed by atoms with Crippen LogP contribution >= 0.6 is 0 Å². The molecule has 176 valence electrons. The fourth-order valence-electron chi connectivity index (χ4n) is 3.36. The number of benzene rings is 1. The van der Waals surface area contributed by atoms with E-state index in [0.29, 0.717) is 11.4 Å². The van der Waals surface area contributed by atoms with Gasteiger partial charge in [-0.2, -0.15) is 8.78 Å². The lowest BCUT2D eigenvalue weighted by molar-refractivity contribution is -0.141. The van der Waals surface area contributed by atoms with Crippen LogP contribution in [0.4, 0.5) is 8.78 Å². The molecule has 0 spiro atoms. The van der Waals surface area contributed by atoms with Gasteiger partial charge < -0.3 is 29.0 Å². The third-order valence-corrected chi connectivity index (χ3v) is 4.69. The molecule has 2 rings (SSSR count). The van der Waals surface area contributed by atoms with E-state index in [4.69, 9.17) is 18.9 Å². The van der Waals surface area contributed by atoms with Crippen molar-refractivity contribution < 1.29 is 42.1 Å². The van der Waals surface area contributed by atoms with Gasteiger partial charge in [-0.05, 0) is 19.9 Å². The number of hydrogen-bond acceptors (Lipinski definition) is 8. The van der Waals surface area contributed by atoms with Crippen LogP contribution in [0.5, 0.6) is 5.75 Å². The predicted molar refractivity (Wildman–Crippen MR) is 110 cm³/mol. The highest BCUT2D eigenvalue weighted by atomic mass is 19.3. The zero-order valence-corrected chi connectivity index (χ0v) is 18.4. The number of alkyl halides is 2. The number of carbonyl (C=O) groups is 2. The zero-order valence-electron chi connectivity index (χ0n) is 18.4. The largest absolute Gasteiger partial charge is 0.460 e. The molecule has 0 fully saturated rings. The van der Waals surface area contributed by atoms with Gasteiger partial charge in [0, 0.05) is 31.2 Å². The molecule has 0 amide bonds. The van der Waals surface area contributed by atoms with Gasteiger partial charge in [0.25, 0.3) is 0 Å². The highest BCUT2D eigenvalue weighted by Gasteiger charge is 2.39. The lowest BCUT2D eigenvalue weighted by Crippen LogP contribution is -2.33. The topological polar surface area (TPSA) is 92.3 Å². The van der Waals surface area contributed by atoms with Gasteiger partial charge in [0.1, 0.15) is 19.0 Å². The molecule has 1 aliphatic heterocycles. The minimum Gasteiger partial charge on any atom is -0.460 e. The Kier molecular flexibility index (Phi) is 9.61. The summed E-state index contributed by atoms with van der Waals surface area (Å²) in [6.45, 7) is 0.459. The summed E-state index contributed by atoms with van der Waals surface area (Å²) in [5.74, 6) is -2.67. The number of ether oxygens (including phenoxy) is 5. The van der Waals surface area contributed by atoms with Crippen molar-refractivity contribution in [3.63, 3.8) is 0 Å². The number of rotatable bonds is 11. The molecule has 10 heteroatoms. The van der Waals surface area contributed by atoms with Crippen molar-refractivity contribution in [1.82, 2.24) is 5.32 Å². The molecule has 1 aromatic carbocycles. The van der Waals surface area contributed by atoms with Gasteiger partial charge in [-0.25, -0.2) is 9.59 Å². The normalized spacial score (nSPS) is 14.5. The summed E-state index contributed by atoms with van der Waals surface area (Å²) >= 11 is 0. The third-order valence-electron chi connectivity index (χ3n) is 4.69. The molecule has 1 aliphatic rings. The zero-order chi connectivity index (χ0) is 23.7. The second kappa shape index (κ2) is 12.2. The number of dihydropyridines is 1. The van der Waals surface area contributed by atoms with E-state index < -0.39 is 24.5 Å². The minimum absolute atomic E-state index is 0.0235. The molecular formula is C22H27F2NO7. The van der Waals surface area contributed by atoms with Crippen molar-refractivity contribution >= 4 is 11.9 Å². The van der Waals surface area contributed by atoms with Crippen LogP contribution in [0.1, 0.15) is 25.3 Å². The Morgan fingerprint density at radius 1 is 0.906 bits per heavy atom. The van der Waals surface area contributed by atoms with Crippen LogP contribution in [-0.2, 0) is 28.5 Å². The van der Waals surface area contributed by atoms with E-state index in [9.17, 15) is 18.4 Å². The lowest BCUT2D eigenvalue weighted by atomic mass is 9.80. The maximum Gasteiger partial charge on any atom is 0.387 e. The molecule has 0 radical (unpaired) electrons. The summed E-state index contributed by atoms with van der Waals surface area (Å²) in [6, 6.07) is 5.97. The van der Waals surface area contributed by atoms with E-state index >= 15 is 0 Å². The van der Waals surface area contributed by atoms with Gasteiger partial charge >= 0.3 is 18.6 Å². The van der Waals surface area contributed by atoms with Gasteiger partial charge in [0.15, 0.2) is 0 Å². The van der Waals surface area contributed by atoms with Crippen LogP contribution in [-0.4, -0.2) is 59.2 Å². The molecule has 1 heterocycles. The minimum atomic E-state index is -3.10. The van der Waals surface area contributed by atoms with Gasteiger partial charge in [-0.15, -0.1) is 0 Å². The number of para-hydroxylation sites is 1. The second-order valence-corrected chi connectivity index (χ2v) is 6.81. The molecular weight excluding hydrogens is 428 g/mol. The number of esters is 2. The molecule has 0 aliphatic carbocycles. The Hall–Kier alpha value is -2.98. The molecule has 1 aromatic rings. The van der Waals surface area contributed by atoms with E-state index in [1.54, 1.807) is 19.9 Å². The van der Waals surface area contributed by atoms with Gasteiger partial charge in [0.05, 0.1) is 30.3 Å². The van der Waals surface area contributed by atoms with Crippen LogP contribution in [0, 0.1) is 0 Å². The van der Waals surface area contributed by atoms with Crippen molar-refractivity contribution in [2.75, 3.05) is 40.6 Å². The standard InChI is InChI=1S/C22H27F2NO7/c1-13-17(20(26)30-11-9-28-3)19(15-7-5-6-8-16(15)32-22(23)24)18(14(2)25-13)21(27)31-12-10-29-4/h5-8,19,22,25H,9-12H2,1-4H3. The molecule has 8 nitrogen and oxygen atoms in total. The summed E-state index contributed by atoms with van der Waals surface area (Å²) in [6.07, 6.45) is 0. The lowest BCUT2D eigenvalue weighted by Gasteiger charge is -2.31. The molecule has 0 saturated heterocycles. The monoisotopic (exact) mass is 455 g/mol. The summed E-state index contributed by atoms with van der Waals surface area (Å²) in [5.41, 5.74) is 1.18. The molecule has 0 aromatic heterocycles. The van der Waals surface area contributed by atoms with Crippen LogP contribution in [0.25, 0.3) is 0 Å². The first-order valence-electron chi connectivity index (χ1n) is 9.86. The second-order valence-electron chi connectivity index (χ2n) is 6.81. The van der Waals surface area contributed by atoms with Gasteiger partial charge in [-0.3, -0.25) is 0 Å².